The summed E-state index contributed by atoms with van der Waals surface area (Å²) in [7, 11) is 1.99. The number of likely N-dealkylation sites (N-methyl/N-ethyl adjacent to an activating group) is 1. The summed E-state index contributed by atoms with van der Waals surface area (Å²) < 4.78 is 5.40. The largest absolute Gasteiger partial charge is 0.379 e. The average molecular weight is 396 g/mol. The van der Waals surface area contributed by atoms with Gasteiger partial charge in [-0.2, -0.15) is 0 Å². The maximum Gasteiger partial charge on any atom is 0.234 e. The number of nitrogens with zero attached hydrogens (tertiary/aromatic N) is 2. The van der Waals surface area contributed by atoms with E-state index in [0.717, 1.165) is 45.0 Å². The molecule has 0 radical (unpaired) electrons. The summed E-state index contributed by atoms with van der Waals surface area (Å²) in [6.45, 7) is 10.5. The van der Waals surface area contributed by atoms with Crippen molar-refractivity contribution in [3.8, 4) is 0 Å². The van der Waals surface area contributed by atoms with Crippen LogP contribution in [0.15, 0.2) is 42.5 Å². The molecular formula is C24H33N3O2. The summed E-state index contributed by atoms with van der Waals surface area (Å²) in [5, 5.41) is 3.03. The lowest BCUT2D eigenvalue weighted by molar-refractivity contribution is -0.122. The number of aryl methyl sites for hydroxylation is 2. The van der Waals surface area contributed by atoms with Crippen molar-refractivity contribution < 1.29 is 9.53 Å². The number of carbonyl (C=O) groups is 1. The molecule has 1 aliphatic heterocycles. The zero-order valence-electron chi connectivity index (χ0n) is 17.9. The predicted molar refractivity (Wildman–Crippen MR) is 117 cm³/mol. The van der Waals surface area contributed by atoms with Crippen LogP contribution in [0.4, 0.5) is 0 Å². The Morgan fingerprint density at radius 2 is 1.76 bits per heavy atom. The minimum atomic E-state index is 0.0506. The molecule has 1 fully saturated rings. The first-order valence-electron chi connectivity index (χ1n) is 10.4. The predicted octanol–water partition coefficient (Wildman–Crippen LogP) is 2.88. The van der Waals surface area contributed by atoms with E-state index >= 15 is 0 Å². The van der Waals surface area contributed by atoms with Crippen LogP contribution in [0, 0.1) is 13.8 Å². The minimum absolute atomic E-state index is 0.0506. The van der Waals surface area contributed by atoms with E-state index in [0.29, 0.717) is 13.1 Å². The molecule has 0 atom stereocenters. The van der Waals surface area contributed by atoms with Crippen LogP contribution in [0.3, 0.4) is 0 Å². The maximum absolute atomic E-state index is 12.3. The molecule has 0 spiro atoms. The van der Waals surface area contributed by atoms with Crippen molar-refractivity contribution in [2.75, 3.05) is 39.9 Å². The molecule has 1 heterocycles. The number of rotatable bonds is 8. The second-order valence-electron chi connectivity index (χ2n) is 8.08. The third-order valence-corrected chi connectivity index (χ3v) is 5.37. The van der Waals surface area contributed by atoms with Gasteiger partial charge in [-0.3, -0.25) is 14.6 Å². The molecule has 2 aromatic carbocycles. The number of morpholine rings is 1. The monoisotopic (exact) mass is 395 g/mol. The molecule has 1 saturated heterocycles. The van der Waals surface area contributed by atoms with Crippen LogP contribution in [0.2, 0.25) is 0 Å². The van der Waals surface area contributed by atoms with Crippen LogP contribution in [0.25, 0.3) is 0 Å². The van der Waals surface area contributed by atoms with Crippen molar-refractivity contribution in [1.82, 2.24) is 15.1 Å². The van der Waals surface area contributed by atoms with Crippen LogP contribution >= 0.6 is 0 Å². The molecule has 1 amide bonds. The SMILES string of the molecule is Cc1ccc(CN(C)CC(=O)NCc2ccc(CN3CCOCC3)cc2)c(C)c1. The molecule has 3 rings (SSSR count). The summed E-state index contributed by atoms with van der Waals surface area (Å²) in [5.41, 5.74) is 6.23. The normalized spacial score (nSPS) is 14.9. The molecule has 0 bridgehead atoms. The maximum atomic E-state index is 12.3. The second kappa shape index (κ2) is 10.5. The summed E-state index contributed by atoms with van der Waals surface area (Å²) in [6, 6.07) is 15.0. The lowest BCUT2D eigenvalue weighted by atomic mass is 10.1. The van der Waals surface area contributed by atoms with E-state index in [-0.39, 0.29) is 5.91 Å². The van der Waals surface area contributed by atoms with Crippen LogP contribution in [-0.4, -0.2) is 55.6 Å². The zero-order chi connectivity index (χ0) is 20.6. The summed E-state index contributed by atoms with van der Waals surface area (Å²) >= 11 is 0. The highest BCUT2D eigenvalue weighted by atomic mass is 16.5. The van der Waals surface area contributed by atoms with Gasteiger partial charge in [0.2, 0.25) is 5.91 Å². The summed E-state index contributed by atoms with van der Waals surface area (Å²) in [5.74, 6) is 0.0506. The Hall–Kier alpha value is -2.21. The number of carbonyl (C=O) groups excluding carboxylic acids is 1. The summed E-state index contributed by atoms with van der Waals surface area (Å²) in [6.07, 6.45) is 0. The van der Waals surface area contributed by atoms with Crippen molar-refractivity contribution >= 4 is 5.91 Å². The van der Waals surface area contributed by atoms with Gasteiger partial charge in [0, 0.05) is 32.7 Å². The van der Waals surface area contributed by atoms with Crippen LogP contribution in [0.5, 0.6) is 0 Å². The molecule has 5 heteroatoms. The Bertz CT molecular complexity index is 798. The number of benzene rings is 2. The first-order valence-corrected chi connectivity index (χ1v) is 10.4. The van der Waals surface area contributed by atoms with Gasteiger partial charge in [0.15, 0.2) is 0 Å². The van der Waals surface area contributed by atoms with E-state index in [1.807, 2.05) is 7.05 Å². The van der Waals surface area contributed by atoms with E-state index < -0.39 is 0 Å². The van der Waals surface area contributed by atoms with Crippen LogP contribution in [0.1, 0.15) is 27.8 Å². The topological polar surface area (TPSA) is 44.8 Å². The van der Waals surface area contributed by atoms with Gasteiger partial charge in [0.05, 0.1) is 19.8 Å². The lowest BCUT2D eigenvalue weighted by Gasteiger charge is -2.26. The number of hydrogen-bond donors (Lipinski definition) is 1. The second-order valence-corrected chi connectivity index (χ2v) is 8.08. The summed E-state index contributed by atoms with van der Waals surface area (Å²) in [4.78, 5) is 16.8. The quantitative estimate of drug-likeness (QED) is 0.747. The number of amides is 1. The first kappa shape index (κ1) is 21.5. The molecule has 1 N–H and O–H groups in total. The third-order valence-electron chi connectivity index (χ3n) is 5.37. The number of hydrogen-bond acceptors (Lipinski definition) is 4. The van der Waals surface area contributed by atoms with Gasteiger partial charge in [0.25, 0.3) is 0 Å². The van der Waals surface area contributed by atoms with Gasteiger partial charge >= 0.3 is 0 Å². The van der Waals surface area contributed by atoms with E-state index in [1.54, 1.807) is 0 Å². The lowest BCUT2D eigenvalue weighted by Crippen LogP contribution is -2.35. The van der Waals surface area contributed by atoms with Gasteiger partial charge in [-0.15, -0.1) is 0 Å². The van der Waals surface area contributed by atoms with Crippen molar-refractivity contribution in [2.45, 2.75) is 33.5 Å². The minimum Gasteiger partial charge on any atom is -0.379 e. The fourth-order valence-corrected chi connectivity index (χ4v) is 3.65. The molecule has 0 aliphatic carbocycles. The number of ether oxygens (including phenoxy) is 1. The molecule has 29 heavy (non-hydrogen) atoms. The highest BCUT2D eigenvalue weighted by molar-refractivity contribution is 5.77. The molecule has 0 aromatic heterocycles. The Balaban J connectivity index is 1.41. The molecule has 156 valence electrons. The van der Waals surface area contributed by atoms with Gasteiger partial charge in [-0.25, -0.2) is 0 Å². The molecule has 0 unspecified atom stereocenters. The standard InChI is InChI=1S/C24H33N3O2/c1-19-4-9-23(20(2)14-19)17-26(3)18-24(28)25-15-21-5-7-22(8-6-21)16-27-10-12-29-13-11-27/h4-9,14H,10-13,15-18H2,1-3H3,(H,25,28). The van der Waals surface area contributed by atoms with E-state index in [2.05, 4.69) is 71.4 Å². The van der Waals surface area contributed by atoms with Gasteiger partial charge < -0.3 is 10.1 Å². The van der Waals surface area contributed by atoms with Gasteiger partial charge in [-0.1, -0.05) is 48.0 Å². The molecule has 5 nitrogen and oxygen atoms in total. The van der Waals surface area contributed by atoms with Crippen molar-refractivity contribution in [2.24, 2.45) is 0 Å². The first-order chi connectivity index (χ1) is 14.0. The fourth-order valence-electron chi connectivity index (χ4n) is 3.65. The van der Waals surface area contributed by atoms with E-state index in [9.17, 15) is 4.79 Å². The highest BCUT2D eigenvalue weighted by Gasteiger charge is 2.11. The van der Waals surface area contributed by atoms with Crippen molar-refractivity contribution in [3.63, 3.8) is 0 Å². The number of nitrogens with one attached hydrogen (secondary N) is 1. The fraction of sp³-hybridized carbons (Fsp3) is 0.458. The molecule has 0 saturated carbocycles. The Labute approximate surface area is 174 Å². The van der Waals surface area contributed by atoms with Gasteiger partial charge in [0.1, 0.15) is 0 Å². The van der Waals surface area contributed by atoms with Crippen molar-refractivity contribution in [1.29, 1.82) is 0 Å². The Morgan fingerprint density at radius 3 is 2.45 bits per heavy atom. The van der Waals surface area contributed by atoms with Gasteiger partial charge in [-0.05, 0) is 43.1 Å². The molecule has 1 aliphatic rings. The average Bonchev–Trinajstić information content (AvgIpc) is 2.70. The van der Waals surface area contributed by atoms with E-state index in [4.69, 9.17) is 4.74 Å². The van der Waals surface area contributed by atoms with Crippen LogP contribution in [-0.2, 0) is 29.2 Å². The molecular weight excluding hydrogens is 362 g/mol. The highest BCUT2D eigenvalue weighted by Crippen LogP contribution is 2.12. The smallest absolute Gasteiger partial charge is 0.234 e. The van der Waals surface area contributed by atoms with Crippen LogP contribution < -0.4 is 5.32 Å². The van der Waals surface area contributed by atoms with Crippen molar-refractivity contribution in [3.05, 3.63) is 70.3 Å². The Kier molecular flexibility index (Phi) is 7.81. The van der Waals surface area contributed by atoms with E-state index in [1.165, 1.54) is 22.3 Å². The third kappa shape index (κ3) is 6.96. The zero-order valence-corrected chi connectivity index (χ0v) is 17.9. The Morgan fingerprint density at radius 1 is 1.07 bits per heavy atom. The molecule has 2 aromatic rings.